The smallest absolute Gasteiger partial charge is 0.259 e. The quantitative estimate of drug-likeness (QED) is 0.438. The number of H-pyrrole nitrogens is 1. The number of fused-ring (bicyclic) bond motifs is 1. The van der Waals surface area contributed by atoms with Gasteiger partial charge in [0, 0.05) is 23.9 Å². The van der Waals surface area contributed by atoms with E-state index < -0.39 is 6.04 Å². The van der Waals surface area contributed by atoms with Crippen molar-refractivity contribution in [3.8, 4) is 0 Å². The molecule has 1 unspecified atom stereocenters. The number of pyridine rings is 1. The molecule has 1 amide bonds. The van der Waals surface area contributed by atoms with Crippen LogP contribution in [0.2, 0.25) is 0 Å². The van der Waals surface area contributed by atoms with Crippen LogP contribution in [0.4, 0.5) is 4.39 Å². The van der Waals surface area contributed by atoms with E-state index in [0.717, 1.165) is 20.8 Å². The van der Waals surface area contributed by atoms with Gasteiger partial charge in [-0.3, -0.25) is 14.6 Å². The number of benzene rings is 1. The maximum absolute atomic E-state index is 13.4. The first-order chi connectivity index (χ1) is 15.4. The first-order valence-corrected chi connectivity index (χ1v) is 11.2. The number of carbonyl (C=O) groups excluding carboxylic acids is 1. The summed E-state index contributed by atoms with van der Waals surface area (Å²) in [5, 5.41) is 3.64. The van der Waals surface area contributed by atoms with E-state index in [-0.39, 0.29) is 23.7 Å². The number of nitrogens with one attached hydrogen (secondary N) is 2. The highest BCUT2D eigenvalue weighted by Gasteiger charge is 2.18. The van der Waals surface area contributed by atoms with Gasteiger partial charge >= 0.3 is 0 Å². The van der Waals surface area contributed by atoms with Crippen molar-refractivity contribution >= 4 is 27.5 Å². The molecule has 1 aromatic carbocycles. The number of hydrogen-bond donors (Lipinski definition) is 2. The van der Waals surface area contributed by atoms with Crippen LogP contribution >= 0.6 is 11.3 Å². The number of hydrogen-bond acceptors (Lipinski definition) is 5. The third-order valence-electron chi connectivity index (χ3n) is 5.40. The normalized spacial score (nSPS) is 12.1. The maximum atomic E-state index is 13.4. The zero-order chi connectivity index (χ0) is 22.7. The first-order valence-electron chi connectivity index (χ1n) is 10.4. The van der Waals surface area contributed by atoms with E-state index in [1.165, 1.54) is 23.5 Å². The Morgan fingerprint density at radius 2 is 1.97 bits per heavy atom. The van der Waals surface area contributed by atoms with Gasteiger partial charge in [-0.05, 0) is 55.7 Å². The largest absolute Gasteiger partial charge is 0.344 e. The molecular weight excluding hydrogens is 427 g/mol. The highest BCUT2D eigenvalue weighted by molar-refractivity contribution is 7.18. The lowest BCUT2D eigenvalue weighted by molar-refractivity contribution is -0.121. The van der Waals surface area contributed by atoms with E-state index in [1.54, 1.807) is 24.4 Å². The highest BCUT2D eigenvalue weighted by atomic mass is 32.1. The van der Waals surface area contributed by atoms with E-state index in [4.69, 9.17) is 0 Å². The Morgan fingerprint density at radius 3 is 2.69 bits per heavy atom. The molecule has 0 spiro atoms. The summed E-state index contributed by atoms with van der Waals surface area (Å²) in [5.74, 6) is 0.0852. The first kappa shape index (κ1) is 21.8. The summed E-state index contributed by atoms with van der Waals surface area (Å²) in [4.78, 5) is 38.7. The monoisotopic (exact) mass is 450 g/mol. The number of amides is 1. The fourth-order valence-corrected chi connectivity index (χ4v) is 4.65. The van der Waals surface area contributed by atoms with Crippen molar-refractivity contribution in [1.29, 1.82) is 0 Å². The summed E-state index contributed by atoms with van der Waals surface area (Å²) in [6.45, 7) is 3.90. The molecule has 0 fully saturated rings. The van der Waals surface area contributed by atoms with Crippen LogP contribution in [0, 0.1) is 19.7 Å². The lowest BCUT2D eigenvalue weighted by Crippen LogP contribution is -2.29. The average molecular weight is 451 g/mol. The summed E-state index contributed by atoms with van der Waals surface area (Å²) in [7, 11) is 0. The van der Waals surface area contributed by atoms with Gasteiger partial charge in [0.15, 0.2) is 0 Å². The predicted molar refractivity (Wildman–Crippen MR) is 123 cm³/mol. The number of thiophene rings is 1. The van der Waals surface area contributed by atoms with Gasteiger partial charge in [-0.15, -0.1) is 11.3 Å². The maximum Gasteiger partial charge on any atom is 0.259 e. The molecule has 2 N–H and O–H groups in total. The van der Waals surface area contributed by atoms with Gasteiger partial charge in [0.05, 0.1) is 17.1 Å². The van der Waals surface area contributed by atoms with Gasteiger partial charge in [-0.1, -0.05) is 18.2 Å². The van der Waals surface area contributed by atoms with Gasteiger partial charge in [0.25, 0.3) is 5.56 Å². The Kier molecular flexibility index (Phi) is 6.41. The van der Waals surface area contributed by atoms with Crippen LogP contribution < -0.4 is 10.9 Å². The summed E-state index contributed by atoms with van der Waals surface area (Å²) in [6.07, 6.45) is 2.93. The van der Waals surface area contributed by atoms with E-state index >= 15 is 0 Å². The van der Waals surface area contributed by atoms with Crippen LogP contribution in [0.15, 0.2) is 53.5 Å². The van der Waals surface area contributed by atoms with Crippen LogP contribution in [0.3, 0.4) is 0 Å². The molecule has 32 heavy (non-hydrogen) atoms. The Morgan fingerprint density at radius 1 is 1.19 bits per heavy atom. The zero-order valence-corrected chi connectivity index (χ0v) is 18.6. The SMILES string of the molecule is Cc1sc2nc(CCCC(=O)NC(c3ccc(F)cc3)c3ccccn3)[nH]c(=O)c2c1C. The number of halogens is 1. The third kappa shape index (κ3) is 4.75. The Labute approximate surface area is 188 Å². The second-order valence-electron chi connectivity index (χ2n) is 7.64. The second-order valence-corrected chi connectivity index (χ2v) is 8.84. The van der Waals surface area contributed by atoms with Gasteiger partial charge in [0.1, 0.15) is 16.5 Å². The van der Waals surface area contributed by atoms with Crippen LogP contribution in [-0.2, 0) is 11.2 Å². The molecule has 3 heterocycles. The molecule has 0 saturated carbocycles. The molecule has 0 aliphatic heterocycles. The highest BCUT2D eigenvalue weighted by Crippen LogP contribution is 2.26. The minimum Gasteiger partial charge on any atom is -0.344 e. The minimum absolute atomic E-state index is 0.136. The van der Waals surface area contributed by atoms with Gasteiger partial charge < -0.3 is 10.3 Å². The number of aryl methyl sites for hydroxylation is 3. The topological polar surface area (TPSA) is 87.7 Å². The number of aromatic amines is 1. The van der Waals surface area contributed by atoms with Crippen molar-refractivity contribution < 1.29 is 9.18 Å². The van der Waals surface area contributed by atoms with Crippen molar-refractivity contribution in [2.75, 3.05) is 0 Å². The number of nitrogens with zero attached hydrogens (tertiary/aromatic N) is 2. The Hall–Kier alpha value is -3.39. The van der Waals surface area contributed by atoms with Crippen LogP contribution in [0.5, 0.6) is 0 Å². The van der Waals surface area contributed by atoms with Crippen LogP contribution in [-0.4, -0.2) is 20.9 Å². The summed E-state index contributed by atoms with van der Waals surface area (Å²) in [6, 6.07) is 11.0. The molecule has 0 aliphatic carbocycles. The molecule has 164 valence electrons. The summed E-state index contributed by atoms with van der Waals surface area (Å²) in [5.41, 5.74) is 2.25. The van der Waals surface area contributed by atoms with Crippen molar-refractivity contribution in [2.24, 2.45) is 0 Å². The third-order valence-corrected chi connectivity index (χ3v) is 6.50. The summed E-state index contributed by atoms with van der Waals surface area (Å²) < 4.78 is 13.4. The molecular formula is C24H23FN4O2S. The van der Waals surface area contributed by atoms with E-state index in [0.29, 0.717) is 29.7 Å². The molecule has 4 aromatic rings. The van der Waals surface area contributed by atoms with Crippen LogP contribution in [0.1, 0.15) is 46.4 Å². The van der Waals surface area contributed by atoms with Crippen molar-refractivity contribution in [2.45, 2.75) is 39.2 Å². The lowest BCUT2D eigenvalue weighted by atomic mass is 10.0. The van der Waals surface area contributed by atoms with Crippen LogP contribution in [0.25, 0.3) is 10.2 Å². The average Bonchev–Trinajstić information content (AvgIpc) is 3.07. The molecule has 6 nitrogen and oxygen atoms in total. The molecule has 3 aromatic heterocycles. The molecule has 0 saturated heterocycles. The second kappa shape index (κ2) is 9.40. The van der Waals surface area contributed by atoms with E-state index in [9.17, 15) is 14.0 Å². The Bertz CT molecular complexity index is 1300. The van der Waals surface area contributed by atoms with E-state index in [2.05, 4.69) is 20.3 Å². The number of rotatable bonds is 7. The van der Waals surface area contributed by atoms with E-state index in [1.807, 2.05) is 26.0 Å². The minimum atomic E-state index is -0.476. The summed E-state index contributed by atoms with van der Waals surface area (Å²) >= 11 is 1.51. The van der Waals surface area contributed by atoms with Crippen molar-refractivity contribution in [3.05, 3.63) is 92.4 Å². The van der Waals surface area contributed by atoms with Crippen molar-refractivity contribution in [1.82, 2.24) is 20.3 Å². The van der Waals surface area contributed by atoms with Crippen molar-refractivity contribution in [3.63, 3.8) is 0 Å². The van der Waals surface area contributed by atoms with Gasteiger partial charge in [0.2, 0.25) is 5.91 Å². The molecule has 0 aliphatic rings. The Balaban J connectivity index is 1.43. The fraction of sp³-hybridized carbons (Fsp3) is 0.250. The standard InChI is InChI=1S/C24H23FN4O2S/c1-14-15(2)32-24-21(14)23(31)27-19(28-24)7-5-8-20(30)29-22(18-6-3-4-13-26-18)16-9-11-17(25)12-10-16/h3-4,6,9-13,22H,5,7-8H2,1-2H3,(H,29,30)(H,27,28,31). The zero-order valence-electron chi connectivity index (χ0n) is 17.8. The number of carbonyl (C=O) groups is 1. The predicted octanol–water partition coefficient (Wildman–Crippen LogP) is 4.36. The van der Waals surface area contributed by atoms with Gasteiger partial charge in [-0.25, -0.2) is 9.37 Å². The molecule has 8 heteroatoms. The molecule has 1 atom stereocenters. The molecule has 0 bridgehead atoms. The fourth-order valence-electron chi connectivity index (χ4n) is 3.60. The molecule has 4 rings (SSSR count). The van der Waals surface area contributed by atoms with Gasteiger partial charge in [-0.2, -0.15) is 0 Å². The molecule has 0 radical (unpaired) electrons. The lowest BCUT2D eigenvalue weighted by Gasteiger charge is -2.19. The number of aromatic nitrogens is 3.